The molecule has 2 fully saturated rings. The lowest BCUT2D eigenvalue weighted by molar-refractivity contribution is -0.141. The minimum atomic E-state index is -4.58. The second kappa shape index (κ2) is 4.90. The molecule has 1 aromatic rings. The summed E-state index contributed by atoms with van der Waals surface area (Å²) in [5.74, 6) is 0.854. The normalized spacial score (nSPS) is 26.2. The van der Waals surface area contributed by atoms with Gasteiger partial charge in [0.1, 0.15) is 6.26 Å². The van der Waals surface area contributed by atoms with Crippen molar-refractivity contribution in [2.45, 2.75) is 6.18 Å². The van der Waals surface area contributed by atoms with Crippen molar-refractivity contribution in [3.8, 4) is 0 Å². The Balaban J connectivity index is 1.59. The fourth-order valence-corrected chi connectivity index (χ4v) is 3.03. The van der Waals surface area contributed by atoms with Crippen LogP contribution in [-0.2, 0) is 6.18 Å². The number of carbonyl (C=O) groups is 1. The Kier molecular flexibility index (Phi) is 3.31. The van der Waals surface area contributed by atoms with E-state index in [1.165, 1.54) is 0 Å². The summed E-state index contributed by atoms with van der Waals surface area (Å²) < 4.78 is 41.8. The molecule has 2 saturated heterocycles. The number of anilines is 1. The van der Waals surface area contributed by atoms with Gasteiger partial charge >= 0.3 is 18.2 Å². The number of aromatic nitrogens is 1. The highest BCUT2D eigenvalue weighted by atomic mass is 19.4. The summed E-state index contributed by atoms with van der Waals surface area (Å²) in [4.78, 5) is 19.0. The van der Waals surface area contributed by atoms with Crippen LogP contribution in [0, 0.1) is 11.8 Å². The molecule has 0 unspecified atom stereocenters. The molecule has 2 atom stereocenters. The quantitative estimate of drug-likeness (QED) is 0.858. The van der Waals surface area contributed by atoms with Gasteiger partial charge in [0.05, 0.1) is 0 Å². The van der Waals surface area contributed by atoms with Crippen molar-refractivity contribution in [3.05, 3.63) is 12.0 Å². The molecule has 0 aromatic carbocycles. The van der Waals surface area contributed by atoms with Crippen molar-refractivity contribution in [1.29, 1.82) is 0 Å². The van der Waals surface area contributed by atoms with E-state index in [-0.39, 0.29) is 0 Å². The number of oxazole rings is 1. The summed E-state index contributed by atoms with van der Waals surface area (Å²) in [6.45, 7) is 3.08. The number of amides is 2. The highest BCUT2D eigenvalue weighted by Gasteiger charge is 2.41. The largest absolute Gasteiger partial charge is 0.436 e. The predicted molar refractivity (Wildman–Crippen MR) is 66.6 cm³/mol. The van der Waals surface area contributed by atoms with E-state index in [2.05, 4.69) is 19.6 Å². The molecule has 0 radical (unpaired) electrons. The fourth-order valence-electron chi connectivity index (χ4n) is 3.03. The molecule has 3 rings (SSSR count). The van der Waals surface area contributed by atoms with Gasteiger partial charge in [-0.1, -0.05) is 0 Å². The Bertz CT molecular complexity index is 531. The Morgan fingerprint density at radius 2 is 1.95 bits per heavy atom. The second-order valence-electron chi connectivity index (χ2n) is 5.61. The molecule has 2 aliphatic rings. The lowest BCUT2D eigenvalue weighted by atomic mass is 10.0. The van der Waals surface area contributed by atoms with Crippen molar-refractivity contribution in [1.82, 2.24) is 14.8 Å². The first-order chi connectivity index (χ1) is 9.83. The minimum Gasteiger partial charge on any atom is -0.431 e. The van der Waals surface area contributed by atoms with Gasteiger partial charge in [-0.2, -0.15) is 18.2 Å². The Morgan fingerprint density at radius 3 is 2.48 bits per heavy atom. The van der Waals surface area contributed by atoms with Crippen molar-refractivity contribution < 1.29 is 22.4 Å². The van der Waals surface area contributed by atoms with E-state index in [1.54, 1.807) is 4.90 Å². The molecule has 3 heterocycles. The molecule has 2 amide bonds. The van der Waals surface area contributed by atoms with Crippen molar-refractivity contribution in [3.63, 3.8) is 0 Å². The third kappa shape index (κ3) is 2.82. The number of urea groups is 1. The number of hydrogen-bond acceptors (Lipinski definition) is 4. The molecule has 0 spiro atoms. The lowest BCUT2D eigenvalue weighted by Gasteiger charge is -2.18. The summed E-state index contributed by atoms with van der Waals surface area (Å²) in [7, 11) is 2.04. The highest BCUT2D eigenvalue weighted by molar-refractivity contribution is 5.87. The Labute approximate surface area is 118 Å². The molecule has 6 nitrogen and oxygen atoms in total. The number of alkyl halides is 3. The standard InChI is InChI=1S/C12H15F3N4O2/c1-18-2-7-4-19(5-8(7)3-18)11(20)17-10-16-9(6-21-10)12(13,14)15/h6-8H,2-5H2,1H3,(H,16,17,20)/t7-,8+. The zero-order valence-electron chi connectivity index (χ0n) is 11.4. The molecule has 0 aliphatic carbocycles. The topological polar surface area (TPSA) is 61.6 Å². The van der Waals surface area contributed by atoms with Gasteiger partial charge in [0.25, 0.3) is 0 Å². The SMILES string of the molecule is CN1C[C@@H]2CN(C(=O)Nc3nc(C(F)(F)F)co3)C[C@@H]2C1. The van der Waals surface area contributed by atoms with Crippen molar-refractivity contribution in [2.24, 2.45) is 11.8 Å². The van der Waals surface area contributed by atoms with E-state index in [9.17, 15) is 18.0 Å². The number of nitrogens with one attached hydrogen (secondary N) is 1. The number of rotatable bonds is 1. The Morgan fingerprint density at radius 1 is 1.33 bits per heavy atom. The second-order valence-corrected chi connectivity index (χ2v) is 5.61. The summed E-state index contributed by atoms with van der Waals surface area (Å²) in [5.41, 5.74) is -1.15. The molecule has 0 saturated carbocycles. The highest BCUT2D eigenvalue weighted by Crippen LogP contribution is 2.31. The number of halogens is 3. The lowest BCUT2D eigenvalue weighted by Crippen LogP contribution is -2.35. The van der Waals surface area contributed by atoms with Crippen LogP contribution in [0.4, 0.5) is 24.0 Å². The monoisotopic (exact) mass is 304 g/mol. The maximum Gasteiger partial charge on any atom is 0.436 e. The van der Waals surface area contributed by atoms with E-state index < -0.39 is 23.9 Å². The van der Waals surface area contributed by atoms with Crippen LogP contribution in [-0.4, -0.2) is 54.0 Å². The molecule has 116 valence electrons. The third-order valence-electron chi connectivity index (χ3n) is 3.96. The average molecular weight is 304 g/mol. The van der Waals surface area contributed by atoms with Gasteiger partial charge in [0.15, 0.2) is 5.69 Å². The van der Waals surface area contributed by atoms with Crippen molar-refractivity contribution in [2.75, 3.05) is 38.5 Å². The average Bonchev–Trinajstić information content (AvgIpc) is 3.01. The number of nitrogens with zero attached hydrogens (tertiary/aromatic N) is 3. The van der Waals surface area contributed by atoms with Gasteiger partial charge in [-0.3, -0.25) is 5.32 Å². The smallest absolute Gasteiger partial charge is 0.431 e. The van der Waals surface area contributed by atoms with Crippen LogP contribution in [0.15, 0.2) is 10.7 Å². The number of likely N-dealkylation sites (tertiary alicyclic amines) is 2. The van der Waals surface area contributed by atoms with Gasteiger partial charge < -0.3 is 14.2 Å². The molecule has 9 heteroatoms. The maximum absolute atomic E-state index is 12.4. The Hall–Kier alpha value is -1.77. The van der Waals surface area contributed by atoms with Gasteiger partial charge in [0.2, 0.25) is 0 Å². The van der Waals surface area contributed by atoms with Gasteiger partial charge in [-0.25, -0.2) is 4.79 Å². The zero-order chi connectivity index (χ0) is 15.2. The fraction of sp³-hybridized carbons (Fsp3) is 0.667. The van der Waals surface area contributed by atoms with E-state index in [0.29, 0.717) is 31.2 Å². The molecular formula is C12H15F3N4O2. The number of hydrogen-bond donors (Lipinski definition) is 1. The third-order valence-corrected chi connectivity index (χ3v) is 3.96. The van der Waals surface area contributed by atoms with Crippen LogP contribution in [0.25, 0.3) is 0 Å². The molecule has 1 N–H and O–H groups in total. The van der Waals surface area contributed by atoms with E-state index in [1.807, 2.05) is 7.05 Å². The van der Waals surface area contributed by atoms with Gasteiger partial charge in [0, 0.05) is 26.2 Å². The van der Waals surface area contributed by atoms with Gasteiger partial charge in [-0.15, -0.1) is 0 Å². The molecule has 21 heavy (non-hydrogen) atoms. The summed E-state index contributed by atoms with van der Waals surface area (Å²) in [5, 5.41) is 2.27. The van der Waals surface area contributed by atoms with Gasteiger partial charge in [-0.05, 0) is 18.9 Å². The maximum atomic E-state index is 12.4. The molecule has 1 aromatic heterocycles. The van der Waals surface area contributed by atoms with E-state index in [0.717, 1.165) is 13.1 Å². The van der Waals surface area contributed by atoms with Crippen LogP contribution in [0.5, 0.6) is 0 Å². The minimum absolute atomic E-state index is 0.427. The summed E-state index contributed by atoms with van der Waals surface area (Å²) in [6.07, 6.45) is -4.09. The van der Waals surface area contributed by atoms with E-state index in [4.69, 9.17) is 0 Å². The summed E-state index contributed by atoms with van der Waals surface area (Å²) >= 11 is 0. The van der Waals surface area contributed by atoms with Crippen LogP contribution in [0.2, 0.25) is 0 Å². The van der Waals surface area contributed by atoms with Crippen LogP contribution >= 0.6 is 0 Å². The first-order valence-electron chi connectivity index (χ1n) is 6.60. The van der Waals surface area contributed by atoms with Crippen LogP contribution < -0.4 is 5.32 Å². The molecule has 2 aliphatic heterocycles. The van der Waals surface area contributed by atoms with Crippen LogP contribution in [0.1, 0.15) is 5.69 Å². The zero-order valence-corrected chi connectivity index (χ0v) is 11.4. The number of fused-ring (bicyclic) bond motifs is 1. The predicted octanol–water partition coefficient (Wildman–Crippen LogP) is 1.72. The van der Waals surface area contributed by atoms with E-state index >= 15 is 0 Å². The molecular weight excluding hydrogens is 289 g/mol. The first-order valence-corrected chi connectivity index (χ1v) is 6.60. The summed E-state index contributed by atoms with van der Waals surface area (Å²) in [6, 6.07) is -0.899. The first kappa shape index (κ1) is 14.2. The van der Waals surface area contributed by atoms with Crippen LogP contribution in [0.3, 0.4) is 0 Å². The molecule has 0 bridgehead atoms. The van der Waals surface area contributed by atoms with Crippen molar-refractivity contribution >= 4 is 12.0 Å². The number of carbonyl (C=O) groups excluding carboxylic acids is 1.